The monoisotopic (exact) mass is 260 g/mol. The van der Waals surface area contributed by atoms with Gasteiger partial charge in [-0.15, -0.1) is 0 Å². The topological polar surface area (TPSA) is 51.8 Å². The molecule has 1 saturated heterocycles. The molecule has 2 aromatic heterocycles. The average Bonchev–Trinajstić information content (AvgIpc) is 3.10. The van der Waals surface area contributed by atoms with Gasteiger partial charge in [-0.2, -0.15) is 10.2 Å². The van der Waals surface area contributed by atoms with E-state index in [1.807, 2.05) is 27.8 Å². The molecular weight excluding hydrogens is 240 g/mol. The SMILES string of the molecule is c1cnn(CC2CCCCN2CCn2cncn2)c1. The fourth-order valence-electron chi connectivity index (χ4n) is 2.76. The van der Waals surface area contributed by atoms with E-state index in [0.29, 0.717) is 6.04 Å². The summed E-state index contributed by atoms with van der Waals surface area (Å²) >= 11 is 0. The zero-order valence-corrected chi connectivity index (χ0v) is 11.1. The minimum atomic E-state index is 0.595. The zero-order chi connectivity index (χ0) is 12.9. The molecule has 0 amide bonds. The maximum absolute atomic E-state index is 4.32. The van der Waals surface area contributed by atoms with E-state index in [4.69, 9.17) is 0 Å². The number of piperidine rings is 1. The lowest BCUT2D eigenvalue weighted by Gasteiger charge is -2.35. The molecule has 0 aromatic carbocycles. The number of hydrogen-bond acceptors (Lipinski definition) is 4. The lowest BCUT2D eigenvalue weighted by atomic mass is 10.0. The molecule has 0 spiro atoms. The summed E-state index contributed by atoms with van der Waals surface area (Å²) in [4.78, 5) is 6.55. The summed E-state index contributed by atoms with van der Waals surface area (Å²) in [5.41, 5.74) is 0. The van der Waals surface area contributed by atoms with Crippen LogP contribution in [0, 0.1) is 0 Å². The van der Waals surface area contributed by atoms with Crippen LogP contribution in [0.3, 0.4) is 0 Å². The first kappa shape index (κ1) is 12.3. The van der Waals surface area contributed by atoms with Crippen LogP contribution < -0.4 is 0 Å². The van der Waals surface area contributed by atoms with Gasteiger partial charge in [-0.3, -0.25) is 14.3 Å². The van der Waals surface area contributed by atoms with Crippen molar-refractivity contribution in [1.82, 2.24) is 29.4 Å². The van der Waals surface area contributed by atoms with Gasteiger partial charge in [-0.05, 0) is 25.5 Å². The minimum Gasteiger partial charge on any atom is -0.297 e. The van der Waals surface area contributed by atoms with Crippen LogP contribution in [0.25, 0.3) is 0 Å². The summed E-state index contributed by atoms with van der Waals surface area (Å²) in [6, 6.07) is 2.58. The van der Waals surface area contributed by atoms with Crippen molar-refractivity contribution in [2.24, 2.45) is 0 Å². The number of rotatable bonds is 5. The van der Waals surface area contributed by atoms with E-state index in [1.54, 1.807) is 12.7 Å². The quantitative estimate of drug-likeness (QED) is 0.805. The van der Waals surface area contributed by atoms with Crippen molar-refractivity contribution in [3.63, 3.8) is 0 Å². The fourth-order valence-corrected chi connectivity index (χ4v) is 2.76. The molecule has 6 nitrogen and oxygen atoms in total. The molecule has 0 bridgehead atoms. The maximum Gasteiger partial charge on any atom is 0.137 e. The normalized spacial score (nSPS) is 20.7. The van der Waals surface area contributed by atoms with Gasteiger partial charge in [0.25, 0.3) is 0 Å². The summed E-state index contributed by atoms with van der Waals surface area (Å²) in [6.07, 6.45) is 11.2. The average molecular weight is 260 g/mol. The molecule has 3 heterocycles. The van der Waals surface area contributed by atoms with Gasteiger partial charge in [-0.25, -0.2) is 4.98 Å². The Bertz CT molecular complexity index is 463. The Morgan fingerprint density at radius 2 is 2.11 bits per heavy atom. The molecule has 1 aliphatic heterocycles. The first-order valence-electron chi connectivity index (χ1n) is 6.96. The van der Waals surface area contributed by atoms with Crippen molar-refractivity contribution in [1.29, 1.82) is 0 Å². The smallest absolute Gasteiger partial charge is 0.137 e. The Labute approximate surface area is 113 Å². The summed E-state index contributed by atoms with van der Waals surface area (Å²) in [5, 5.41) is 8.48. The van der Waals surface area contributed by atoms with Crippen LogP contribution in [0.5, 0.6) is 0 Å². The highest BCUT2D eigenvalue weighted by Gasteiger charge is 2.22. The molecule has 1 fully saturated rings. The van der Waals surface area contributed by atoms with E-state index in [-0.39, 0.29) is 0 Å². The molecule has 0 saturated carbocycles. The summed E-state index contributed by atoms with van der Waals surface area (Å²) in [5.74, 6) is 0. The van der Waals surface area contributed by atoms with E-state index in [0.717, 1.165) is 19.6 Å². The van der Waals surface area contributed by atoms with Crippen molar-refractivity contribution in [2.45, 2.75) is 38.4 Å². The Morgan fingerprint density at radius 1 is 1.11 bits per heavy atom. The van der Waals surface area contributed by atoms with Crippen molar-refractivity contribution in [3.8, 4) is 0 Å². The molecule has 102 valence electrons. The van der Waals surface area contributed by atoms with Gasteiger partial charge in [0.1, 0.15) is 12.7 Å². The lowest BCUT2D eigenvalue weighted by Crippen LogP contribution is -2.43. The van der Waals surface area contributed by atoms with Gasteiger partial charge in [0.2, 0.25) is 0 Å². The summed E-state index contributed by atoms with van der Waals surface area (Å²) < 4.78 is 3.94. The molecule has 1 aliphatic rings. The second-order valence-electron chi connectivity index (χ2n) is 5.07. The number of likely N-dealkylation sites (tertiary alicyclic amines) is 1. The third-order valence-electron chi connectivity index (χ3n) is 3.79. The van der Waals surface area contributed by atoms with Crippen LogP contribution >= 0.6 is 0 Å². The lowest BCUT2D eigenvalue weighted by molar-refractivity contribution is 0.123. The Morgan fingerprint density at radius 3 is 2.89 bits per heavy atom. The molecule has 3 rings (SSSR count). The van der Waals surface area contributed by atoms with Crippen LogP contribution in [-0.4, -0.2) is 48.6 Å². The van der Waals surface area contributed by atoms with Gasteiger partial charge in [0.15, 0.2) is 0 Å². The standard InChI is InChI=1S/C13H20N6/c1-2-6-17(8-9-19-12-14-11-16-19)13(4-1)10-18-7-3-5-15-18/h3,5,7,11-13H,1-2,4,6,8-10H2. The van der Waals surface area contributed by atoms with Crippen molar-refractivity contribution < 1.29 is 0 Å². The Balaban J connectivity index is 1.57. The van der Waals surface area contributed by atoms with Gasteiger partial charge < -0.3 is 0 Å². The molecule has 0 radical (unpaired) electrons. The predicted octanol–water partition coefficient (Wildman–Crippen LogP) is 1.03. The first-order chi connectivity index (χ1) is 9.42. The number of nitrogens with zero attached hydrogens (tertiary/aromatic N) is 6. The Kier molecular flexibility index (Phi) is 3.88. The highest BCUT2D eigenvalue weighted by molar-refractivity contribution is 4.82. The van der Waals surface area contributed by atoms with Crippen molar-refractivity contribution >= 4 is 0 Å². The summed E-state index contributed by atoms with van der Waals surface area (Å²) in [7, 11) is 0. The Hall–Kier alpha value is -1.69. The molecule has 0 N–H and O–H groups in total. The van der Waals surface area contributed by atoms with Crippen LogP contribution in [0.1, 0.15) is 19.3 Å². The minimum absolute atomic E-state index is 0.595. The van der Waals surface area contributed by atoms with Crippen LogP contribution in [0.4, 0.5) is 0 Å². The largest absolute Gasteiger partial charge is 0.297 e. The first-order valence-corrected chi connectivity index (χ1v) is 6.96. The van der Waals surface area contributed by atoms with E-state index in [1.165, 1.54) is 25.8 Å². The van der Waals surface area contributed by atoms with Gasteiger partial charge >= 0.3 is 0 Å². The molecule has 19 heavy (non-hydrogen) atoms. The maximum atomic E-state index is 4.32. The summed E-state index contributed by atoms with van der Waals surface area (Å²) in [6.45, 7) is 4.12. The molecule has 6 heteroatoms. The third kappa shape index (κ3) is 3.20. The van der Waals surface area contributed by atoms with Gasteiger partial charge in [-0.1, -0.05) is 6.42 Å². The van der Waals surface area contributed by atoms with E-state index >= 15 is 0 Å². The predicted molar refractivity (Wildman–Crippen MR) is 71.5 cm³/mol. The molecule has 2 aromatic rings. The second kappa shape index (κ2) is 5.97. The van der Waals surface area contributed by atoms with E-state index in [9.17, 15) is 0 Å². The van der Waals surface area contributed by atoms with E-state index in [2.05, 4.69) is 20.1 Å². The molecule has 1 atom stereocenters. The van der Waals surface area contributed by atoms with Gasteiger partial charge in [0.05, 0.1) is 13.1 Å². The van der Waals surface area contributed by atoms with Gasteiger partial charge in [0, 0.05) is 25.0 Å². The molecule has 0 aliphatic carbocycles. The van der Waals surface area contributed by atoms with Crippen molar-refractivity contribution in [3.05, 3.63) is 31.1 Å². The molecular formula is C13H20N6. The third-order valence-corrected chi connectivity index (χ3v) is 3.79. The number of aromatic nitrogens is 5. The van der Waals surface area contributed by atoms with Crippen LogP contribution in [-0.2, 0) is 13.1 Å². The van der Waals surface area contributed by atoms with Crippen LogP contribution in [0.2, 0.25) is 0 Å². The van der Waals surface area contributed by atoms with E-state index < -0.39 is 0 Å². The highest BCUT2D eigenvalue weighted by Crippen LogP contribution is 2.18. The number of hydrogen-bond donors (Lipinski definition) is 0. The second-order valence-corrected chi connectivity index (χ2v) is 5.07. The zero-order valence-electron chi connectivity index (χ0n) is 11.1. The highest BCUT2D eigenvalue weighted by atomic mass is 15.3. The van der Waals surface area contributed by atoms with Crippen molar-refractivity contribution in [2.75, 3.05) is 13.1 Å². The fraction of sp³-hybridized carbons (Fsp3) is 0.615. The van der Waals surface area contributed by atoms with Crippen LogP contribution in [0.15, 0.2) is 31.1 Å². The molecule has 1 unspecified atom stereocenters.